The minimum absolute atomic E-state index is 1.08. The van der Waals surface area contributed by atoms with Gasteiger partial charge in [0.2, 0.25) is 0 Å². The van der Waals surface area contributed by atoms with E-state index in [-0.39, 0.29) is 0 Å². The second kappa shape index (κ2) is 13.9. The molecule has 0 aliphatic heterocycles. The molecule has 0 heterocycles. The van der Waals surface area contributed by atoms with Gasteiger partial charge in [-0.3, -0.25) is 0 Å². The first-order chi connectivity index (χ1) is 6.35. The quantitative estimate of drug-likeness (QED) is 0.531. The van der Waals surface area contributed by atoms with Crippen LogP contribution in [0, 0.1) is 0 Å². The van der Waals surface area contributed by atoms with E-state index in [1.807, 2.05) is 6.07 Å². The molecule has 0 fully saturated rings. The summed E-state index contributed by atoms with van der Waals surface area (Å²) >= 11 is 3.83. The van der Waals surface area contributed by atoms with Gasteiger partial charge in [0.25, 0.3) is 0 Å². The molecule has 0 atom stereocenters. The molecule has 13 heavy (non-hydrogen) atoms. The van der Waals surface area contributed by atoms with E-state index in [0.29, 0.717) is 0 Å². The summed E-state index contributed by atoms with van der Waals surface area (Å²) in [5.41, 5.74) is 1.41. The van der Waals surface area contributed by atoms with Gasteiger partial charge in [0, 0.05) is 0 Å². The minimum atomic E-state index is -1.08. The van der Waals surface area contributed by atoms with E-state index < -0.39 is 8.34 Å². The number of benzene rings is 1. The average Bonchev–Trinajstić information content (AvgIpc) is 2.23. The first-order valence-electron chi connectivity index (χ1n) is 3.63. The predicted molar refractivity (Wildman–Crippen MR) is 58.8 cm³/mol. The third-order valence-corrected chi connectivity index (χ3v) is 1.25. The molecule has 1 aromatic carbocycles. The monoisotopic (exact) mass is 215 g/mol. The number of rotatable bonds is 1. The molecule has 0 saturated carbocycles. The van der Waals surface area contributed by atoms with Crippen LogP contribution in [0.3, 0.4) is 0 Å². The van der Waals surface area contributed by atoms with Gasteiger partial charge in [0.15, 0.2) is 0 Å². The number of hydrogen-bond acceptors (Lipinski definition) is 3. The van der Waals surface area contributed by atoms with Crippen molar-refractivity contribution in [2.24, 2.45) is 0 Å². The average molecular weight is 215 g/mol. The van der Waals surface area contributed by atoms with Crippen LogP contribution in [0.4, 0.5) is 0 Å². The van der Waals surface area contributed by atoms with Crippen molar-refractivity contribution in [3.8, 4) is 0 Å². The summed E-state index contributed by atoms with van der Waals surface area (Å²) < 4.78 is 16.7. The summed E-state index contributed by atoms with van der Waals surface area (Å²) in [6.45, 7) is 2.16. The van der Waals surface area contributed by atoms with E-state index in [4.69, 9.17) is 9.13 Å². The topological polar surface area (TPSA) is 34.1 Å². The van der Waals surface area contributed by atoms with E-state index in [9.17, 15) is 0 Å². The van der Waals surface area contributed by atoms with Crippen LogP contribution in [0.15, 0.2) is 30.3 Å². The Morgan fingerprint density at radius 2 is 1.62 bits per heavy atom. The maximum absolute atomic E-state index is 8.35. The van der Waals surface area contributed by atoms with Gasteiger partial charge < -0.3 is 0 Å². The fourth-order valence-electron chi connectivity index (χ4n) is 0.714. The summed E-state index contributed by atoms with van der Waals surface area (Å²) in [6.07, 6.45) is 1.14. The zero-order chi connectivity index (χ0) is 10.5. The summed E-state index contributed by atoms with van der Waals surface area (Å²) in [4.78, 5) is 0. The zero-order valence-corrected chi connectivity index (χ0v) is 9.18. The van der Waals surface area contributed by atoms with Crippen LogP contribution >= 0.6 is 20.6 Å². The van der Waals surface area contributed by atoms with E-state index in [2.05, 4.69) is 49.3 Å². The first kappa shape index (κ1) is 14.8. The van der Waals surface area contributed by atoms with Crippen LogP contribution in [0.1, 0.15) is 12.5 Å². The molecule has 0 spiro atoms. The predicted octanol–water partition coefficient (Wildman–Crippen LogP) is 3.49. The summed E-state index contributed by atoms with van der Waals surface area (Å²) in [6, 6.07) is 10.5. The van der Waals surface area contributed by atoms with Crippen LogP contribution < -0.4 is 0 Å². The Bertz CT molecular complexity index is 233. The molecule has 0 N–H and O–H groups in total. The summed E-state index contributed by atoms with van der Waals surface area (Å²) in [7, 11) is -1.08. The van der Waals surface area contributed by atoms with Gasteiger partial charge in [-0.05, 0) is 17.9 Å². The van der Waals surface area contributed by atoms with Crippen LogP contribution in [0.2, 0.25) is 0 Å². The third kappa shape index (κ3) is 11.3. The number of aryl methyl sites for hydroxylation is 1. The van der Waals surface area contributed by atoms with Gasteiger partial charge in [0.1, 0.15) is 0 Å². The van der Waals surface area contributed by atoms with Crippen molar-refractivity contribution in [1.82, 2.24) is 0 Å². The molecule has 0 radical (unpaired) electrons. The Kier molecular flexibility index (Phi) is 15.9. The van der Waals surface area contributed by atoms with Gasteiger partial charge >= 0.3 is 17.5 Å². The van der Waals surface area contributed by atoms with E-state index in [1.165, 1.54) is 5.56 Å². The maximum atomic E-state index is 8.35. The number of thiocarbonyl (C=S) groups is 1. The Balaban J connectivity index is 0. The molecule has 0 saturated heterocycles. The fraction of sp³-hybridized carbons (Fsp3) is 0.222. The van der Waals surface area contributed by atoms with E-state index in [0.717, 1.165) is 6.42 Å². The molecular formula is C9H12O2PS+. The summed E-state index contributed by atoms with van der Waals surface area (Å²) in [5, 5.41) is 0. The standard InChI is InChI=1S/C8H10.CH2S.O2P/c1-2-8-6-4-3-5-7-8;1-2;1-3-2/h3-7H,2H2,1H3;1H2;/q;;+1. The Labute approximate surface area is 85.2 Å². The molecule has 4 heteroatoms. The van der Waals surface area contributed by atoms with Crippen molar-refractivity contribution < 1.29 is 9.13 Å². The molecule has 2 nitrogen and oxygen atoms in total. The van der Waals surface area contributed by atoms with Crippen molar-refractivity contribution in [3.05, 3.63) is 35.9 Å². The Morgan fingerprint density at radius 3 is 1.85 bits per heavy atom. The van der Waals surface area contributed by atoms with Crippen LogP contribution in [-0.2, 0) is 15.6 Å². The van der Waals surface area contributed by atoms with Gasteiger partial charge in [0.05, 0.1) is 0 Å². The Morgan fingerprint density at radius 1 is 1.23 bits per heavy atom. The van der Waals surface area contributed by atoms with Gasteiger partial charge in [-0.25, -0.2) is 0 Å². The van der Waals surface area contributed by atoms with Gasteiger partial charge in [-0.1, -0.05) is 49.5 Å². The molecular weight excluding hydrogens is 203 g/mol. The molecule has 1 aromatic rings. The van der Waals surface area contributed by atoms with Crippen molar-refractivity contribution in [3.63, 3.8) is 0 Å². The van der Waals surface area contributed by atoms with Gasteiger partial charge in [-0.2, -0.15) is 0 Å². The molecule has 0 aromatic heterocycles. The molecule has 0 bridgehead atoms. The normalized spacial score (nSPS) is 6.54. The van der Waals surface area contributed by atoms with Crippen LogP contribution in [-0.4, -0.2) is 5.87 Å². The van der Waals surface area contributed by atoms with Gasteiger partial charge in [-0.15, -0.1) is 0 Å². The fourth-order valence-corrected chi connectivity index (χ4v) is 0.714. The van der Waals surface area contributed by atoms with E-state index >= 15 is 0 Å². The Hall–Kier alpha value is -0.660. The zero-order valence-electron chi connectivity index (χ0n) is 7.47. The second-order valence-corrected chi connectivity index (χ2v) is 2.06. The van der Waals surface area contributed by atoms with Crippen molar-refractivity contribution >= 4 is 26.4 Å². The summed E-state index contributed by atoms with van der Waals surface area (Å²) in [5.74, 6) is 2.83. The van der Waals surface area contributed by atoms with E-state index in [1.54, 1.807) is 0 Å². The first-order valence-corrected chi connectivity index (χ1v) is 4.93. The van der Waals surface area contributed by atoms with Crippen LogP contribution in [0.5, 0.6) is 0 Å². The van der Waals surface area contributed by atoms with Crippen molar-refractivity contribution in [2.75, 3.05) is 0 Å². The second-order valence-electron chi connectivity index (χ2n) is 1.91. The molecule has 70 valence electrons. The van der Waals surface area contributed by atoms with Crippen LogP contribution in [0.25, 0.3) is 0 Å². The SMILES string of the molecule is C=S.CCc1ccccc1.O=[P+]=O. The van der Waals surface area contributed by atoms with Crippen molar-refractivity contribution in [1.29, 1.82) is 0 Å². The molecule has 0 unspecified atom stereocenters. The number of hydrogen-bond donors (Lipinski definition) is 0. The molecule has 0 amide bonds. The molecule has 0 aliphatic carbocycles. The molecule has 1 rings (SSSR count). The molecule has 0 aliphatic rings. The van der Waals surface area contributed by atoms with Crippen molar-refractivity contribution in [2.45, 2.75) is 13.3 Å². The third-order valence-electron chi connectivity index (χ3n) is 1.25.